The Morgan fingerprint density at radius 2 is 2.38 bits per heavy atom. The van der Waals surface area contributed by atoms with Gasteiger partial charge >= 0.3 is 0 Å². The molecule has 2 aliphatic heterocycles. The van der Waals surface area contributed by atoms with Crippen molar-refractivity contribution in [3.8, 4) is 5.75 Å². The first-order chi connectivity index (χ1) is 10.2. The molecule has 0 aliphatic carbocycles. The first kappa shape index (κ1) is 15.2. The van der Waals surface area contributed by atoms with E-state index in [1.165, 1.54) is 0 Å². The number of benzene rings is 1. The van der Waals surface area contributed by atoms with Crippen LogP contribution in [0.2, 0.25) is 0 Å². The van der Waals surface area contributed by atoms with Gasteiger partial charge in [0, 0.05) is 18.9 Å². The number of methoxy groups -OCH3 is 1. The van der Waals surface area contributed by atoms with Gasteiger partial charge < -0.3 is 14.4 Å². The predicted octanol–water partition coefficient (Wildman–Crippen LogP) is 3.07. The Balaban J connectivity index is 1.80. The van der Waals surface area contributed by atoms with Crippen LogP contribution in [-0.2, 0) is 9.53 Å². The van der Waals surface area contributed by atoms with Gasteiger partial charge in [-0.25, -0.2) is 0 Å². The number of carbonyl (C=O) groups excluding carboxylic acids is 1. The molecule has 2 unspecified atom stereocenters. The molecule has 3 rings (SSSR count). The molecule has 2 fully saturated rings. The molecule has 0 saturated carbocycles. The molecule has 2 saturated heterocycles. The van der Waals surface area contributed by atoms with Crippen molar-refractivity contribution in [2.24, 2.45) is 5.92 Å². The number of carbonyl (C=O) groups is 1. The second-order valence-corrected chi connectivity index (χ2v) is 7.25. The van der Waals surface area contributed by atoms with Gasteiger partial charge in [-0.2, -0.15) is 0 Å². The van der Waals surface area contributed by atoms with Crippen LogP contribution >= 0.6 is 27.7 Å². The minimum Gasteiger partial charge on any atom is -0.496 e. The molecule has 0 aromatic heterocycles. The van der Waals surface area contributed by atoms with Gasteiger partial charge in [0.2, 0.25) is 5.91 Å². The molecule has 21 heavy (non-hydrogen) atoms. The van der Waals surface area contributed by atoms with E-state index >= 15 is 0 Å². The van der Waals surface area contributed by atoms with Gasteiger partial charge in [-0.15, -0.1) is 11.8 Å². The van der Waals surface area contributed by atoms with Crippen LogP contribution in [0, 0.1) is 5.92 Å². The van der Waals surface area contributed by atoms with E-state index in [4.69, 9.17) is 9.47 Å². The van der Waals surface area contributed by atoms with Gasteiger partial charge in [0.15, 0.2) is 0 Å². The molecule has 0 N–H and O–H groups in total. The smallest absolute Gasteiger partial charge is 0.229 e. The molecule has 1 aromatic rings. The van der Waals surface area contributed by atoms with Crippen molar-refractivity contribution < 1.29 is 14.3 Å². The summed E-state index contributed by atoms with van der Waals surface area (Å²) in [5, 5.41) is 0.0975. The number of hydrogen-bond acceptors (Lipinski definition) is 4. The topological polar surface area (TPSA) is 38.8 Å². The zero-order chi connectivity index (χ0) is 14.8. The third kappa shape index (κ3) is 3.07. The number of amides is 1. The van der Waals surface area contributed by atoms with Crippen LogP contribution in [0.5, 0.6) is 5.75 Å². The average molecular weight is 372 g/mol. The molecule has 6 heteroatoms. The largest absolute Gasteiger partial charge is 0.496 e. The lowest BCUT2D eigenvalue weighted by Crippen LogP contribution is -2.35. The molecule has 0 bridgehead atoms. The number of hydrogen-bond donors (Lipinski definition) is 0. The highest BCUT2D eigenvalue weighted by atomic mass is 79.9. The van der Waals surface area contributed by atoms with E-state index in [0.717, 1.165) is 34.5 Å². The molecule has 1 aromatic carbocycles. The Kier molecular flexibility index (Phi) is 4.76. The van der Waals surface area contributed by atoms with Crippen molar-refractivity contribution in [2.45, 2.75) is 11.8 Å². The van der Waals surface area contributed by atoms with Gasteiger partial charge in [-0.05, 0) is 40.0 Å². The van der Waals surface area contributed by atoms with Gasteiger partial charge in [0.05, 0.1) is 24.1 Å². The van der Waals surface area contributed by atoms with Crippen LogP contribution in [0.15, 0.2) is 22.7 Å². The van der Waals surface area contributed by atoms with Crippen molar-refractivity contribution in [3.05, 3.63) is 28.2 Å². The number of rotatable bonds is 3. The van der Waals surface area contributed by atoms with E-state index < -0.39 is 0 Å². The van der Waals surface area contributed by atoms with Crippen LogP contribution in [0.25, 0.3) is 0 Å². The van der Waals surface area contributed by atoms with Crippen LogP contribution in [0.1, 0.15) is 17.4 Å². The predicted molar refractivity (Wildman–Crippen MR) is 86.5 cm³/mol. The second-order valence-electron chi connectivity index (χ2n) is 5.21. The summed E-state index contributed by atoms with van der Waals surface area (Å²) in [5.41, 5.74) is 1.14. The van der Waals surface area contributed by atoms with Crippen molar-refractivity contribution in [3.63, 3.8) is 0 Å². The van der Waals surface area contributed by atoms with Crippen molar-refractivity contribution in [2.75, 3.05) is 32.6 Å². The monoisotopic (exact) mass is 371 g/mol. The third-order valence-corrected chi connectivity index (χ3v) is 5.79. The Hall–Kier alpha value is -0.720. The Bertz CT molecular complexity index is 534. The number of ether oxygens (including phenoxy) is 2. The normalized spacial score (nSPS) is 25.3. The van der Waals surface area contributed by atoms with E-state index in [2.05, 4.69) is 15.9 Å². The summed E-state index contributed by atoms with van der Waals surface area (Å²) in [5.74, 6) is 2.05. The Labute approximate surface area is 137 Å². The lowest BCUT2D eigenvalue weighted by Gasteiger charge is -2.26. The maximum atomic E-state index is 12.6. The molecule has 114 valence electrons. The van der Waals surface area contributed by atoms with Gasteiger partial charge in [0.25, 0.3) is 0 Å². The summed E-state index contributed by atoms with van der Waals surface area (Å²) in [6.07, 6.45) is 0.846. The summed E-state index contributed by atoms with van der Waals surface area (Å²) in [6.45, 7) is 2.09. The average Bonchev–Trinajstić information content (AvgIpc) is 3.17. The van der Waals surface area contributed by atoms with Crippen molar-refractivity contribution in [1.29, 1.82) is 0 Å². The fraction of sp³-hybridized carbons (Fsp3) is 0.533. The van der Waals surface area contributed by atoms with E-state index in [-0.39, 0.29) is 17.2 Å². The molecule has 1 amide bonds. The maximum absolute atomic E-state index is 12.6. The zero-order valence-corrected chi connectivity index (χ0v) is 14.3. The second kappa shape index (κ2) is 6.58. The molecular weight excluding hydrogens is 354 g/mol. The van der Waals surface area contributed by atoms with E-state index in [1.807, 2.05) is 34.9 Å². The van der Waals surface area contributed by atoms with Crippen LogP contribution in [-0.4, -0.2) is 43.4 Å². The molecule has 2 atom stereocenters. The van der Waals surface area contributed by atoms with Crippen LogP contribution < -0.4 is 4.74 Å². The molecular formula is C15H18BrNO3S. The third-order valence-electron chi connectivity index (χ3n) is 3.91. The quantitative estimate of drug-likeness (QED) is 0.818. The van der Waals surface area contributed by atoms with Gasteiger partial charge in [0.1, 0.15) is 11.1 Å². The van der Waals surface area contributed by atoms with Crippen LogP contribution in [0.3, 0.4) is 0 Å². The Morgan fingerprint density at radius 3 is 3.05 bits per heavy atom. The van der Waals surface area contributed by atoms with E-state index in [1.54, 1.807) is 7.11 Å². The van der Waals surface area contributed by atoms with Crippen LogP contribution in [0.4, 0.5) is 0 Å². The fourth-order valence-corrected chi connectivity index (χ4v) is 4.58. The van der Waals surface area contributed by atoms with Crippen molar-refractivity contribution in [1.82, 2.24) is 4.90 Å². The highest BCUT2D eigenvalue weighted by Crippen LogP contribution is 2.41. The minimum absolute atomic E-state index is 0.0351. The minimum atomic E-state index is 0.0351. The lowest BCUT2D eigenvalue weighted by molar-refractivity contribution is -0.135. The van der Waals surface area contributed by atoms with E-state index in [9.17, 15) is 4.79 Å². The summed E-state index contributed by atoms with van der Waals surface area (Å²) in [7, 11) is 1.65. The standard InChI is InChI=1S/C15H18BrNO3S/c1-19-13-3-2-10(8-12(13)16)15-17(5-7-21-15)14(18)11-4-6-20-9-11/h2-3,8,11,15H,4-7,9H2,1H3. The first-order valence-electron chi connectivity index (χ1n) is 7.04. The van der Waals surface area contributed by atoms with Gasteiger partial charge in [-0.1, -0.05) is 6.07 Å². The first-order valence-corrected chi connectivity index (χ1v) is 8.88. The summed E-state index contributed by atoms with van der Waals surface area (Å²) >= 11 is 5.34. The fourth-order valence-electron chi connectivity index (χ4n) is 2.77. The molecule has 2 aliphatic rings. The summed E-state index contributed by atoms with van der Waals surface area (Å²) in [6, 6.07) is 6.03. The SMILES string of the molecule is COc1ccc(C2SCCN2C(=O)C2CCOC2)cc1Br. The number of halogens is 1. The molecule has 0 radical (unpaired) electrons. The highest BCUT2D eigenvalue weighted by Gasteiger charge is 2.36. The lowest BCUT2D eigenvalue weighted by atomic mass is 10.1. The summed E-state index contributed by atoms with van der Waals surface area (Å²) < 4.78 is 11.5. The summed E-state index contributed by atoms with van der Waals surface area (Å²) in [4.78, 5) is 14.6. The van der Waals surface area contributed by atoms with Crippen molar-refractivity contribution >= 4 is 33.6 Å². The zero-order valence-electron chi connectivity index (χ0n) is 11.9. The molecule has 2 heterocycles. The Morgan fingerprint density at radius 1 is 1.52 bits per heavy atom. The molecule has 4 nitrogen and oxygen atoms in total. The number of nitrogens with zero attached hydrogens (tertiary/aromatic N) is 1. The van der Waals surface area contributed by atoms with E-state index in [0.29, 0.717) is 13.2 Å². The maximum Gasteiger partial charge on any atom is 0.229 e. The number of thioether (sulfide) groups is 1. The molecule has 0 spiro atoms. The van der Waals surface area contributed by atoms with Gasteiger partial charge in [-0.3, -0.25) is 4.79 Å². The highest BCUT2D eigenvalue weighted by molar-refractivity contribution is 9.10.